The van der Waals surface area contributed by atoms with Crippen molar-refractivity contribution in [1.29, 1.82) is 0 Å². The number of fused-ring (bicyclic) bond motifs is 1. The largest absolute Gasteiger partial charge is 0.467 e. The van der Waals surface area contributed by atoms with Crippen LogP contribution in [0.2, 0.25) is 0 Å². The lowest BCUT2D eigenvalue weighted by molar-refractivity contribution is 0.0982. The van der Waals surface area contributed by atoms with Crippen LogP contribution in [0.1, 0.15) is 52.6 Å². The van der Waals surface area contributed by atoms with Crippen LogP contribution in [0, 0.1) is 13.8 Å². The maximum absolute atomic E-state index is 13.6. The zero-order chi connectivity index (χ0) is 20.5. The Morgan fingerprint density at radius 1 is 1.14 bits per heavy atom. The van der Waals surface area contributed by atoms with Crippen molar-refractivity contribution in [1.82, 2.24) is 4.98 Å². The second-order valence-electron chi connectivity index (χ2n) is 7.63. The van der Waals surface area contributed by atoms with Gasteiger partial charge in [0.25, 0.3) is 5.91 Å². The molecule has 4 nitrogen and oxygen atoms in total. The number of carbonyl (C=O) groups is 1. The van der Waals surface area contributed by atoms with E-state index in [1.54, 1.807) is 22.5 Å². The number of anilines is 1. The lowest BCUT2D eigenvalue weighted by Gasteiger charge is -2.20. The molecule has 2 heterocycles. The number of para-hydroxylation sites is 1. The summed E-state index contributed by atoms with van der Waals surface area (Å²) in [6, 6.07) is 15.9. The molecule has 29 heavy (non-hydrogen) atoms. The number of aryl methyl sites for hydroxylation is 2. The molecular formula is C24H24N2O2S. The average Bonchev–Trinajstić information content (AvgIpc) is 3.34. The van der Waals surface area contributed by atoms with Crippen LogP contribution in [0.4, 0.5) is 5.13 Å². The molecule has 0 spiro atoms. The summed E-state index contributed by atoms with van der Waals surface area (Å²) in [6.45, 7) is 8.67. The highest BCUT2D eigenvalue weighted by Crippen LogP contribution is 2.35. The van der Waals surface area contributed by atoms with E-state index < -0.39 is 0 Å². The predicted octanol–water partition coefficient (Wildman–Crippen LogP) is 6.48. The van der Waals surface area contributed by atoms with E-state index in [0.717, 1.165) is 27.1 Å². The number of benzene rings is 2. The van der Waals surface area contributed by atoms with E-state index in [2.05, 4.69) is 32.0 Å². The Labute approximate surface area is 174 Å². The quantitative estimate of drug-likeness (QED) is 0.383. The number of hydrogen-bond donors (Lipinski definition) is 0. The third kappa shape index (κ3) is 3.83. The highest BCUT2D eigenvalue weighted by molar-refractivity contribution is 7.22. The van der Waals surface area contributed by atoms with Crippen molar-refractivity contribution in [2.75, 3.05) is 4.90 Å². The molecule has 0 atom stereocenters. The van der Waals surface area contributed by atoms with Gasteiger partial charge in [-0.05, 0) is 55.2 Å². The minimum absolute atomic E-state index is 0.0657. The van der Waals surface area contributed by atoms with E-state index in [1.165, 1.54) is 5.56 Å². The minimum atomic E-state index is -0.0657. The molecule has 0 fully saturated rings. The fourth-order valence-corrected chi connectivity index (χ4v) is 4.52. The van der Waals surface area contributed by atoms with E-state index in [1.807, 2.05) is 44.2 Å². The van der Waals surface area contributed by atoms with Crippen molar-refractivity contribution >= 4 is 32.6 Å². The molecule has 5 heteroatoms. The van der Waals surface area contributed by atoms with Crippen molar-refractivity contribution in [3.05, 3.63) is 82.8 Å². The second-order valence-corrected chi connectivity index (χ2v) is 8.64. The maximum atomic E-state index is 13.6. The first-order chi connectivity index (χ1) is 13.9. The van der Waals surface area contributed by atoms with Gasteiger partial charge in [0.05, 0.1) is 23.0 Å². The van der Waals surface area contributed by atoms with Gasteiger partial charge in [-0.3, -0.25) is 9.69 Å². The number of thiazole rings is 1. The number of nitrogens with zero attached hydrogens (tertiary/aromatic N) is 2. The van der Waals surface area contributed by atoms with Gasteiger partial charge in [0.1, 0.15) is 5.76 Å². The molecule has 2 aromatic heterocycles. The van der Waals surface area contributed by atoms with Crippen molar-refractivity contribution in [2.24, 2.45) is 0 Å². The molecule has 0 N–H and O–H groups in total. The number of amides is 1. The SMILES string of the molecule is Cc1ccc(C(=O)N(Cc2ccco2)c2nc3c(C(C)C)cccc3s2)c(C)c1. The molecule has 0 saturated heterocycles. The van der Waals surface area contributed by atoms with E-state index >= 15 is 0 Å². The molecule has 4 aromatic rings. The van der Waals surface area contributed by atoms with Crippen LogP contribution in [0.5, 0.6) is 0 Å². The molecule has 0 unspecified atom stereocenters. The number of carbonyl (C=O) groups excluding carboxylic acids is 1. The van der Waals surface area contributed by atoms with Crippen LogP contribution >= 0.6 is 11.3 Å². The van der Waals surface area contributed by atoms with Gasteiger partial charge in [-0.1, -0.05) is 55.0 Å². The Morgan fingerprint density at radius 3 is 2.66 bits per heavy atom. The van der Waals surface area contributed by atoms with E-state index in [-0.39, 0.29) is 5.91 Å². The summed E-state index contributed by atoms with van der Waals surface area (Å²) >= 11 is 1.54. The van der Waals surface area contributed by atoms with Crippen molar-refractivity contribution in [3.63, 3.8) is 0 Å². The third-order valence-corrected chi connectivity index (χ3v) is 6.09. The number of furan rings is 1. The smallest absolute Gasteiger partial charge is 0.260 e. The van der Waals surface area contributed by atoms with E-state index in [4.69, 9.17) is 9.40 Å². The van der Waals surface area contributed by atoms with Crippen LogP contribution in [-0.4, -0.2) is 10.9 Å². The first kappa shape index (κ1) is 19.4. The summed E-state index contributed by atoms with van der Waals surface area (Å²) in [5, 5.41) is 0.689. The Bertz CT molecular complexity index is 1160. The fraction of sp³-hybridized carbons (Fsp3) is 0.250. The Balaban J connectivity index is 1.81. The summed E-state index contributed by atoms with van der Waals surface area (Å²) in [5.74, 6) is 1.03. The summed E-state index contributed by atoms with van der Waals surface area (Å²) in [7, 11) is 0. The molecule has 0 bridgehead atoms. The summed E-state index contributed by atoms with van der Waals surface area (Å²) in [6.07, 6.45) is 1.63. The minimum Gasteiger partial charge on any atom is -0.467 e. The molecule has 0 saturated carbocycles. The van der Waals surface area contributed by atoms with Crippen LogP contribution in [0.15, 0.2) is 59.2 Å². The maximum Gasteiger partial charge on any atom is 0.260 e. The van der Waals surface area contributed by atoms with Crippen molar-refractivity contribution in [3.8, 4) is 0 Å². The number of rotatable bonds is 5. The average molecular weight is 405 g/mol. The predicted molar refractivity (Wildman–Crippen MR) is 119 cm³/mol. The van der Waals surface area contributed by atoms with Crippen LogP contribution in [0.3, 0.4) is 0 Å². The van der Waals surface area contributed by atoms with Crippen LogP contribution in [0.25, 0.3) is 10.2 Å². The number of hydrogen-bond acceptors (Lipinski definition) is 4. The molecule has 148 valence electrons. The van der Waals surface area contributed by atoms with Gasteiger partial charge < -0.3 is 4.42 Å². The van der Waals surface area contributed by atoms with Crippen molar-refractivity contribution < 1.29 is 9.21 Å². The van der Waals surface area contributed by atoms with Gasteiger partial charge in [-0.25, -0.2) is 4.98 Å². The van der Waals surface area contributed by atoms with Gasteiger partial charge in [-0.15, -0.1) is 0 Å². The van der Waals surface area contributed by atoms with Gasteiger partial charge in [0.2, 0.25) is 0 Å². The lowest BCUT2D eigenvalue weighted by Crippen LogP contribution is -2.30. The number of aromatic nitrogens is 1. The van der Waals surface area contributed by atoms with Gasteiger partial charge in [0, 0.05) is 5.56 Å². The molecule has 0 radical (unpaired) electrons. The van der Waals surface area contributed by atoms with Crippen LogP contribution in [-0.2, 0) is 6.54 Å². The van der Waals surface area contributed by atoms with Crippen LogP contribution < -0.4 is 4.90 Å². The standard InChI is InChI=1S/C24H24N2O2S/c1-15(2)19-8-5-9-21-22(19)25-24(29-21)26(14-18-7-6-12-28-18)23(27)20-11-10-16(3)13-17(20)4/h5-13,15H,14H2,1-4H3. The first-order valence-electron chi connectivity index (χ1n) is 9.75. The Morgan fingerprint density at radius 2 is 1.97 bits per heavy atom. The highest BCUT2D eigenvalue weighted by Gasteiger charge is 2.24. The van der Waals surface area contributed by atoms with E-state index in [0.29, 0.717) is 23.2 Å². The third-order valence-electron chi connectivity index (χ3n) is 5.04. The monoisotopic (exact) mass is 404 g/mol. The molecular weight excluding hydrogens is 380 g/mol. The van der Waals surface area contributed by atoms with Gasteiger partial charge >= 0.3 is 0 Å². The molecule has 0 aliphatic carbocycles. The zero-order valence-corrected chi connectivity index (χ0v) is 17.9. The highest BCUT2D eigenvalue weighted by atomic mass is 32.1. The zero-order valence-electron chi connectivity index (χ0n) is 17.1. The molecule has 0 aliphatic rings. The fourth-order valence-electron chi connectivity index (χ4n) is 3.52. The van der Waals surface area contributed by atoms with Crippen molar-refractivity contribution in [2.45, 2.75) is 40.2 Å². The van der Waals surface area contributed by atoms with Gasteiger partial charge in [0.15, 0.2) is 5.13 Å². The second kappa shape index (κ2) is 7.84. The Hall–Kier alpha value is -2.92. The lowest BCUT2D eigenvalue weighted by atomic mass is 10.0. The summed E-state index contributed by atoms with van der Waals surface area (Å²) < 4.78 is 6.63. The first-order valence-corrected chi connectivity index (χ1v) is 10.6. The molecule has 2 aromatic carbocycles. The van der Waals surface area contributed by atoms with E-state index in [9.17, 15) is 4.79 Å². The van der Waals surface area contributed by atoms with Gasteiger partial charge in [-0.2, -0.15) is 0 Å². The molecule has 4 rings (SSSR count). The molecule has 1 amide bonds. The summed E-state index contributed by atoms with van der Waals surface area (Å²) in [4.78, 5) is 20.2. The normalized spacial score (nSPS) is 11.3. The summed E-state index contributed by atoms with van der Waals surface area (Å²) in [5.41, 5.74) is 4.95. The Kier molecular flexibility index (Phi) is 5.24. The molecule has 0 aliphatic heterocycles. The topological polar surface area (TPSA) is 46.3 Å².